The van der Waals surface area contributed by atoms with Gasteiger partial charge in [0.15, 0.2) is 9.84 Å². The van der Waals surface area contributed by atoms with Crippen molar-refractivity contribution in [2.75, 3.05) is 12.8 Å². The minimum Gasteiger partial charge on any atom is -0.356 e. The molecule has 1 aromatic carbocycles. The number of benzene rings is 1. The number of hydrogen-bond donors (Lipinski definition) is 1. The first kappa shape index (κ1) is 14.6. The number of nitrogens with one attached hydrogen (secondary N) is 1. The highest BCUT2D eigenvalue weighted by molar-refractivity contribution is 7.90. The molecule has 1 N–H and O–H groups in total. The first-order valence-electron chi connectivity index (χ1n) is 7.52. The summed E-state index contributed by atoms with van der Waals surface area (Å²) in [5.41, 5.74) is 1.04. The van der Waals surface area contributed by atoms with Crippen molar-refractivity contribution in [2.24, 2.45) is 17.8 Å². The van der Waals surface area contributed by atoms with Crippen molar-refractivity contribution < 1.29 is 13.2 Å². The zero-order valence-electron chi connectivity index (χ0n) is 12.2. The maximum absolute atomic E-state index is 11.9. The molecule has 0 aromatic heterocycles. The molecule has 2 saturated carbocycles. The van der Waals surface area contributed by atoms with Gasteiger partial charge in [-0.15, -0.1) is 0 Å². The van der Waals surface area contributed by atoms with E-state index in [9.17, 15) is 13.2 Å². The van der Waals surface area contributed by atoms with E-state index < -0.39 is 9.84 Å². The van der Waals surface area contributed by atoms with E-state index in [0.717, 1.165) is 24.3 Å². The van der Waals surface area contributed by atoms with Crippen LogP contribution in [0.1, 0.15) is 24.8 Å². The van der Waals surface area contributed by atoms with Crippen LogP contribution in [0.15, 0.2) is 29.2 Å². The molecule has 2 fully saturated rings. The van der Waals surface area contributed by atoms with Crippen LogP contribution < -0.4 is 5.32 Å². The molecule has 5 heteroatoms. The van der Waals surface area contributed by atoms with Gasteiger partial charge in [-0.25, -0.2) is 8.42 Å². The summed E-state index contributed by atoms with van der Waals surface area (Å²) in [6.45, 7) is 0.616. The van der Waals surface area contributed by atoms with Gasteiger partial charge in [-0.3, -0.25) is 4.79 Å². The topological polar surface area (TPSA) is 63.2 Å². The van der Waals surface area contributed by atoms with Crippen LogP contribution in [0.2, 0.25) is 0 Å². The Morgan fingerprint density at radius 1 is 1.24 bits per heavy atom. The molecule has 1 aromatic rings. The molecule has 2 aliphatic carbocycles. The highest BCUT2D eigenvalue weighted by Crippen LogP contribution is 2.54. The molecule has 0 saturated heterocycles. The molecule has 1 amide bonds. The van der Waals surface area contributed by atoms with Crippen LogP contribution in [0.5, 0.6) is 0 Å². The summed E-state index contributed by atoms with van der Waals surface area (Å²) in [7, 11) is -3.13. The van der Waals surface area contributed by atoms with Crippen LogP contribution in [0.25, 0.3) is 0 Å². The molecule has 4 nitrogen and oxygen atoms in total. The fraction of sp³-hybridized carbons (Fsp3) is 0.562. The Kier molecular flexibility index (Phi) is 3.78. The van der Waals surface area contributed by atoms with E-state index in [1.165, 1.54) is 19.1 Å². The lowest BCUT2D eigenvalue weighted by atomic mass is 10.1. The summed E-state index contributed by atoms with van der Waals surface area (Å²) in [6.07, 6.45) is 5.62. The summed E-state index contributed by atoms with van der Waals surface area (Å²) in [6, 6.07) is 6.87. The van der Waals surface area contributed by atoms with Crippen LogP contribution in [0, 0.1) is 17.8 Å². The SMILES string of the molecule is CS(=O)(=O)c1ccc(CCNC(=O)[C@H]2C[C@@H]2C2CC2)cc1. The lowest BCUT2D eigenvalue weighted by Crippen LogP contribution is -2.27. The molecule has 2 atom stereocenters. The Labute approximate surface area is 125 Å². The fourth-order valence-corrected chi connectivity index (χ4v) is 3.56. The smallest absolute Gasteiger partial charge is 0.223 e. The fourth-order valence-electron chi connectivity index (χ4n) is 2.93. The molecule has 3 rings (SSSR count). The van der Waals surface area contributed by atoms with Crippen molar-refractivity contribution in [3.63, 3.8) is 0 Å². The molecule has 0 aliphatic heterocycles. The van der Waals surface area contributed by atoms with Gasteiger partial charge in [0.1, 0.15) is 0 Å². The van der Waals surface area contributed by atoms with E-state index in [2.05, 4.69) is 5.32 Å². The van der Waals surface area contributed by atoms with Crippen molar-refractivity contribution in [1.82, 2.24) is 5.32 Å². The maximum Gasteiger partial charge on any atom is 0.223 e. The van der Waals surface area contributed by atoms with E-state index in [4.69, 9.17) is 0 Å². The number of carbonyl (C=O) groups is 1. The zero-order valence-corrected chi connectivity index (χ0v) is 13.0. The average Bonchev–Trinajstić information content (AvgIpc) is 3.28. The second-order valence-corrected chi connectivity index (χ2v) is 8.32. The third-order valence-corrected chi connectivity index (χ3v) is 5.60. The van der Waals surface area contributed by atoms with Gasteiger partial charge in [0, 0.05) is 18.7 Å². The number of hydrogen-bond acceptors (Lipinski definition) is 3. The van der Waals surface area contributed by atoms with E-state index in [0.29, 0.717) is 17.4 Å². The minimum atomic E-state index is -3.13. The highest BCUT2D eigenvalue weighted by atomic mass is 32.2. The molecular weight excluding hydrogens is 286 g/mol. The van der Waals surface area contributed by atoms with Crippen molar-refractivity contribution >= 4 is 15.7 Å². The van der Waals surface area contributed by atoms with E-state index in [1.54, 1.807) is 12.1 Å². The van der Waals surface area contributed by atoms with Gasteiger partial charge in [0.2, 0.25) is 5.91 Å². The summed E-state index contributed by atoms with van der Waals surface area (Å²) >= 11 is 0. The van der Waals surface area contributed by atoms with Crippen molar-refractivity contribution in [2.45, 2.75) is 30.6 Å². The Bertz CT molecular complexity index is 632. The molecular formula is C16H21NO3S. The van der Waals surface area contributed by atoms with Crippen molar-refractivity contribution in [3.8, 4) is 0 Å². The molecule has 0 bridgehead atoms. The molecule has 0 radical (unpaired) electrons. The van der Waals surface area contributed by atoms with Crippen LogP contribution >= 0.6 is 0 Å². The monoisotopic (exact) mass is 307 g/mol. The molecule has 0 unspecified atom stereocenters. The lowest BCUT2D eigenvalue weighted by Gasteiger charge is -2.06. The molecule has 114 valence electrons. The van der Waals surface area contributed by atoms with Gasteiger partial charge < -0.3 is 5.32 Å². The number of amides is 1. The summed E-state index contributed by atoms with van der Waals surface area (Å²) < 4.78 is 22.7. The van der Waals surface area contributed by atoms with Gasteiger partial charge in [-0.2, -0.15) is 0 Å². The Balaban J connectivity index is 1.44. The predicted molar refractivity (Wildman–Crippen MR) is 80.6 cm³/mol. The lowest BCUT2D eigenvalue weighted by molar-refractivity contribution is -0.122. The van der Waals surface area contributed by atoms with Gasteiger partial charge in [-0.1, -0.05) is 12.1 Å². The first-order chi connectivity index (χ1) is 9.95. The Morgan fingerprint density at radius 3 is 2.48 bits per heavy atom. The largest absolute Gasteiger partial charge is 0.356 e. The van der Waals surface area contributed by atoms with Gasteiger partial charge in [-0.05, 0) is 55.2 Å². The third-order valence-electron chi connectivity index (χ3n) is 4.47. The van der Waals surface area contributed by atoms with Gasteiger partial charge >= 0.3 is 0 Å². The Morgan fingerprint density at radius 2 is 1.90 bits per heavy atom. The Hall–Kier alpha value is -1.36. The third kappa shape index (κ3) is 3.64. The molecule has 21 heavy (non-hydrogen) atoms. The van der Waals surface area contributed by atoms with Crippen molar-refractivity contribution in [1.29, 1.82) is 0 Å². The number of rotatable bonds is 6. The summed E-state index contributed by atoms with van der Waals surface area (Å²) in [5.74, 6) is 1.92. The van der Waals surface area contributed by atoms with Gasteiger partial charge in [0.25, 0.3) is 0 Å². The minimum absolute atomic E-state index is 0.194. The molecule has 2 aliphatic rings. The normalized spacial score (nSPS) is 24.6. The summed E-state index contributed by atoms with van der Waals surface area (Å²) in [5, 5.41) is 2.99. The average molecular weight is 307 g/mol. The van der Waals surface area contributed by atoms with E-state index >= 15 is 0 Å². The van der Waals surface area contributed by atoms with Crippen molar-refractivity contribution in [3.05, 3.63) is 29.8 Å². The zero-order chi connectivity index (χ0) is 15.0. The summed E-state index contributed by atoms with van der Waals surface area (Å²) in [4.78, 5) is 12.3. The van der Waals surface area contributed by atoms with Crippen LogP contribution in [-0.4, -0.2) is 27.1 Å². The number of carbonyl (C=O) groups excluding carboxylic acids is 1. The van der Waals surface area contributed by atoms with Crippen LogP contribution in [0.4, 0.5) is 0 Å². The highest BCUT2D eigenvalue weighted by Gasteiger charge is 2.50. The van der Waals surface area contributed by atoms with E-state index in [-0.39, 0.29) is 11.8 Å². The van der Waals surface area contributed by atoms with E-state index in [1.807, 2.05) is 12.1 Å². The molecule has 0 heterocycles. The predicted octanol–water partition coefficient (Wildman–Crippen LogP) is 1.79. The second-order valence-electron chi connectivity index (χ2n) is 6.30. The number of sulfone groups is 1. The van der Waals surface area contributed by atoms with Crippen LogP contribution in [0.3, 0.4) is 0 Å². The quantitative estimate of drug-likeness (QED) is 0.871. The maximum atomic E-state index is 11.9. The standard InChI is InChI=1S/C16H21NO3S/c1-21(19,20)13-6-2-11(3-7-13)8-9-17-16(18)15-10-14(15)12-4-5-12/h2-3,6-7,12,14-15H,4-5,8-10H2,1H3,(H,17,18)/t14-,15+/m1/s1. The van der Waals surface area contributed by atoms with Gasteiger partial charge in [0.05, 0.1) is 4.90 Å². The second kappa shape index (κ2) is 5.44. The molecule has 0 spiro atoms. The first-order valence-corrected chi connectivity index (χ1v) is 9.41. The van der Waals surface area contributed by atoms with Crippen LogP contribution in [-0.2, 0) is 21.1 Å².